The van der Waals surface area contributed by atoms with Gasteiger partial charge in [0, 0.05) is 16.8 Å². The van der Waals surface area contributed by atoms with Crippen molar-refractivity contribution in [3.05, 3.63) is 71.4 Å². The number of hydrogen-bond acceptors (Lipinski definition) is 3. The van der Waals surface area contributed by atoms with E-state index in [4.69, 9.17) is 5.73 Å². The summed E-state index contributed by atoms with van der Waals surface area (Å²) in [6.07, 6.45) is -4.48. The van der Waals surface area contributed by atoms with Gasteiger partial charge in [-0.3, -0.25) is 0 Å². The lowest BCUT2D eigenvalue weighted by Gasteiger charge is -2.17. The van der Waals surface area contributed by atoms with Crippen molar-refractivity contribution in [1.29, 1.82) is 5.26 Å². The maximum atomic E-state index is 13.1. The van der Waals surface area contributed by atoms with Gasteiger partial charge in [0.1, 0.15) is 17.5 Å². The van der Waals surface area contributed by atoms with Crippen LogP contribution in [0.25, 0.3) is 22.3 Å². The topological polar surface area (TPSA) is 62.7 Å². The SMILES string of the molecule is Cc1nc(N)c(C#N)c(-c2cccc(C(F)(F)F)c2)c1-c1ccccc1. The van der Waals surface area contributed by atoms with Crippen LogP contribution < -0.4 is 5.73 Å². The third-order valence-electron chi connectivity index (χ3n) is 4.06. The van der Waals surface area contributed by atoms with Gasteiger partial charge in [0.25, 0.3) is 0 Å². The molecular formula is C20H14F3N3. The smallest absolute Gasteiger partial charge is 0.383 e. The molecule has 2 N–H and O–H groups in total. The van der Waals surface area contributed by atoms with Crippen LogP contribution in [0.4, 0.5) is 19.0 Å². The van der Waals surface area contributed by atoms with Gasteiger partial charge in [0.15, 0.2) is 0 Å². The van der Waals surface area contributed by atoms with Gasteiger partial charge < -0.3 is 5.73 Å². The van der Waals surface area contributed by atoms with Crippen LogP contribution in [-0.2, 0) is 6.18 Å². The molecule has 0 unspecified atom stereocenters. The number of anilines is 1. The van der Waals surface area contributed by atoms with E-state index in [0.29, 0.717) is 16.8 Å². The average Bonchev–Trinajstić information content (AvgIpc) is 2.61. The summed E-state index contributed by atoms with van der Waals surface area (Å²) in [7, 11) is 0. The second kappa shape index (κ2) is 6.52. The average molecular weight is 353 g/mol. The van der Waals surface area contributed by atoms with Crippen molar-refractivity contribution in [1.82, 2.24) is 4.98 Å². The molecule has 0 aliphatic heterocycles. The molecule has 3 aromatic rings. The number of aryl methyl sites for hydroxylation is 1. The molecule has 0 spiro atoms. The highest BCUT2D eigenvalue weighted by Gasteiger charge is 2.31. The van der Waals surface area contributed by atoms with Gasteiger partial charge in [0.2, 0.25) is 0 Å². The number of benzene rings is 2. The lowest BCUT2D eigenvalue weighted by Crippen LogP contribution is -2.06. The van der Waals surface area contributed by atoms with E-state index in [1.165, 1.54) is 12.1 Å². The highest BCUT2D eigenvalue weighted by atomic mass is 19.4. The summed E-state index contributed by atoms with van der Waals surface area (Å²) in [6, 6.07) is 16.0. The van der Waals surface area contributed by atoms with Crippen molar-refractivity contribution < 1.29 is 13.2 Å². The molecule has 0 atom stereocenters. The maximum absolute atomic E-state index is 13.1. The molecule has 130 valence electrons. The first-order chi connectivity index (χ1) is 12.3. The van der Waals surface area contributed by atoms with Gasteiger partial charge in [-0.05, 0) is 30.2 Å². The summed E-state index contributed by atoms with van der Waals surface area (Å²) >= 11 is 0. The minimum Gasteiger partial charge on any atom is -0.383 e. The lowest BCUT2D eigenvalue weighted by atomic mass is 9.89. The minimum absolute atomic E-state index is 0.00269. The number of alkyl halides is 3. The van der Waals surface area contributed by atoms with Crippen LogP contribution in [0.15, 0.2) is 54.6 Å². The Hall–Kier alpha value is -3.33. The number of nitrogens with two attached hydrogens (primary N) is 1. The fourth-order valence-corrected chi connectivity index (χ4v) is 2.94. The minimum atomic E-state index is -4.48. The fraction of sp³-hybridized carbons (Fsp3) is 0.100. The zero-order chi connectivity index (χ0) is 18.9. The first-order valence-electron chi connectivity index (χ1n) is 7.76. The highest BCUT2D eigenvalue weighted by molar-refractivity contribution is 5.91. The molecule has 0 saturated heterocycles. The Kier molecular flexibility index (Phi) is 4.39. The molecule has 0 aliphatic carbocycles. The van der Waals surface area contributed by atoms with Crippen molar-refractivity contribution >= 4 is 5.82 Å². The second-order valence-corrected chi connectivity index (χ2v) is 5.76. The third-order valence-corrected chi connectivity index (χ3v) is 4.06. The summed E-state index contributed by atoms with van der Waals surface area (Å²) in [6.45, 7) is 1.72. The van der Waals surface area contributed by atoms with Gasteiger partial charge in [0.05, 0.1) is 5.56 Å². The van der Waals surface area contributed by atoms with E-state index in [9.17, 15) is 18.4 Å². The van der Waals surface area contributed by atoms with Crippen LogP contribution in [0, 0.1) is 18.3 Å². The summed E-state index contributed by atoms with van der Waals surface area (Å²) in [4.78, 5) is 4.21. The van der Waals surface area contributed by atoms with Crippen LogP contribution in [0.2, 0.25) is 0 Å². The predicted molar refractivity (Wildman–Crippen MR) is 94.0 cm³/mol. The van der Waals surface area contributed by atoms with Gasteiger partial charge >= 0.3 is 6.18 Å². The Morgan fingerprint density at radius 1 is 0.962 bits per heavy atom. The molecule has 1 aromatic heterocycles. The number of rotatable bonds is 2. The number of pyridine rings is 1. The second-order valence-electron chi connectivity index (χ2n) is 5.76. The van der Waals surface area contributed by atoms with Crippen molar-refractivity contribution in [2.45, 2.75) is 13.1 Å². The van der Waals surface area contributed by atoms with E-state index < -0.39 is 11.7 Å². The molecule has 0 amide bonds. The largest absolute Gasteiger partial charge is 0.416 e. The monoisotopic (exact) mass is 353 g/mol. The summed E-state index contributed by atoms with van der Waals surface area (Å²) in [5, 5.41) is 9.56. The van der Waals surface area contributed by atoms with Gasteiger partial charge in [-0.2, -0.15) is 18.4 Å². The Morgan fingerprint density at radius 3 is 2.23 bits per heavy atom. The van der Waals surface area contributed by atoms with E-state index in [1.54, 1.807) is 6.92 Å². The van der Waals surface area contributed by atoms with Crippen LogP contribution >= 0.6 is 0 Å². The summed E-state index contributed by atoms with van der Waals surface area (Å²) in [5.74, 6) is -0.00269. The van der Waals surface area contributed by atoms with Crippen LogP contribution in [0.1, 0.15) is 16.8 Å². The summed E-state index contributed by atoms with van der Waals surface area (Å²) < 4.78 is 39.4. The molecule has 0 aliphatic rings. The molecule has 3 nitrogen and oxygen atoms in total. The first kappa shape index (κ1) is 17.5. The predicted octanol–water partition coefficient (Wildman–Crippen LogP) is 5.20. The number of halogens is 3. The van der Waals surface area contributed by atoms with E-state index in [0.717, 1.165) is 17.7 Å². The Bertz CT molecular complexity index is 1000. The van der Waals surface area contributed by atoms with E-state index >= 15 is 0 Å². The zero-order valence-electron chi connectivity index (χ0n) is 13.8. The maximum Gasteiger partial charge on any atom is 0.416 e. The van der Waals surface area contributed by atoms with Crippen LogP contribution in [-0.4, -0.2) is 4.98 Å². The van der Waals surface area contributed by atoms with E-state index in [2.05, 4.69) is 4.98 Å². The van der Waals surface area contributed by atoms with Gasteiger partial charge in [-0.25, -0.2) is 4.98 Å². The standard InChI is InChI=1S/C20H14F3N3/c1-12-17(13-6-3-2-4-7-13)18(16(11-24)19(25)26-12)14-8-5-9-15(10-14)20(21,22)23/h2-10H,1H3,(H2,25,26). The molecule has 2 aromatic carbocycles. The Balaban J connectivity index is 2.39. The summed E-state index contributed by atoms with van der Waals surface area (Å²) in [5.41, 5.74) is 7.68. The fourth-order valence-electron chi connectivity index (χ4n) is 2.94. The molecule has 0 bridgehead atoms. The Morgan fingerprint density at radius 2 is 1.62 bits per heavy atom. The molecule has 0 radical (unpaired) electrons. The van der Waals surface area contributed by atoms with Crippen molar-refractivity contribution in [3.63, 3.8) is 0 Å². The molecule has 26 heavy (non-hydrogen) atoms. The molecule has 3 rings (SSSR count). The number of nitriles is 1. The van der Waals surface area contributed by atoms with Crippen molar-refractivity contribution in [3.8, 4) is 28.3 Å². The molecule has 1 heterocycles. The number of nitrogen functional groups attached to an aromatic ring is 1. The lowest BCUT2D eigenvalue weighted by molar-refractivity contribution is -0.137. The van der Waals surface area contributed by atoms with E-state index in [-0.39, 0.29) is 16.9 Å². The van der Waals surface area contributed by atoms with E-state index in [1.807, 2.05) is 36.4 Å². The molecule has 0 saturated carbocycles. The van der Waals surface area contributed by atoms with Gasteiger partial charge in [-0.1, -0.05) is 42.5 Å². The molecular weight excluding hydrogens is 339 g/mol. The molecule has 0 fully saturated rings. The highest BCUT2D eigenvalue weighted by Crippen LogP contribution is 2.40. The molecule has 6 heteroatoms. The zero-order valence-corrected chi connectivity index (χ0v) is 13.8. The van der Waals surface area contributed by atoms with Crippen molar-refractivity contribution in [2.24, 2.45) is 0 Å². The van der Waals surface area contributed by atoms with Crippen LogP contribution in [0.3, 0.4) is 0 Å². The normalized spacial score (nSPS) is 11.2. The number of nitrogens with zero attached hydrogens (tertiary/aromatic N) is 2. The quantitative estimate of drug-likeness (QED) is 0.689. The number of aromatic nitrogens is 1. The van der Waals surface area contributed by atoms with Crippen LogP contribution in [0.5, 0.6) is 0 Å². The number of hydrogen-bond donors (Lipinski definition) is 1. The Labute approximate surface area is 148 Å². The van der Waals surface area contributed by atoms with Crippen molar-refractivity contribution in [2.75, 3.05) is 5.73 Å². The first-order valence-corrected chi connectivity index (χ1v) is 7.76. The third kappa shape index (κ3) is 3.11. The van der Waals surface area contributed by atoms with Gasteiger partial charge in [-0.15, -0.1) is 0 Å².